The molecule has 1 aliphatic heterocycles. The number of hydrogen-bond donors (Lipinski definition) is 1. The number of hydrogen-bond acceptors (Lipinski definition) is 5. The van der Waals surface area contributed by atoms with E-state index in [2.05, 4.69) is 15.5 Å². The van der Waals surface area contributed by atoms with Crippen molar-refractivity contribution in [1.82, 2.24) is 15.0 Å². The Balaban J connectivity index is 1.73. The number of halogens is 3. The van der Waals surface area contributed by atoms with Gasteiger partial charge in [-0.1, -0.05) is 5.16 Å². The van der Waals surface area contributed by atoms with Crippen LogP contribution in [0.15, 0.2) is 22.7 Å². The van der Waals surface area contributed by atoms with Gasteiger partial charge >= 0.3 is 0 Å². The van der Waals surface area contributed by atoms with Gasteiger partial charge in [-0.15, -0.1) is 0 Å². The molecule has 6 nitrogen and oxygen atoms in total. The van der Waals surface area contributed by atoms with E-state index in [1.807, 2.05) is 0 Å². The Morgan fingerprint density at radius 1 is 1.41 bits per heavy atom. The number of amides is 1. The Labute approximate surface area is 122 Å². The first-order valence-corrected chi connectivity index (χ1v) is 6.40. The van der Waals surface area contributed by atoms with E-state index >= 15 is 0 Å². The quantitative estimate of drug-likeness (QED) is 0.854. The molecule has 0 aliphatic carbocycles. The highest BCUT2D eigenvalue weighted by atomic mass is 19.3. The first-order valence-electron chi connectivity index (χ1n) is 6.40. The molecule has 1 N–H and O–H groups in total. The van der Waals surface area contributed by atoms with Crippen LogP contribution in [0.2, 0.25) is 0 Å². The van der Waals surface area contributed by atoms with Gasteiger partial charge in [0.1, 0.15) is 5.82 Å². The van der Waals surface area contributed by atoms with E-state index in [0.29, 0.717) is 12.0 Å². The molecule has 22 heavy (non-hydrogen) atoms. The molecule has 1 aromatic heterocycles. The van der Waals surface area contributed by atoms with Crippen LogP contribution in [0.4, 0.5) is 18.9 Å². The van der Waals surface area contributed by atoms with E-state index < -0.39 is 11.7 Å². The third-order valence-corrected chi connectivity index (χ3v) is 3.18. The molecule has 1 fully saturated rings. The molecule has 1 saturated heterocycles. The highest BCUT2D eigenvalue weighted by molar-refractivity contribution is 5.74. The normalized spacial score (nSPS) is 17.0. The molecule has 0 radical (unpaired) electrons. The minimum absolute atomic E-state index is 0.0127. The van der Waals surface area contributed by atoms with E-state index in [-0.39, 0.29) is 37.0 Å². The Morgan fingerprint density at radius 3 is 2.86 bits per heavy atom. The number of carbonyl (C=O) groups is 1. The summed E-state index contributed by atoms with van der Waals surface area (Å²) in [5, 5.41) is 5.95. The molecule has 0 bridgehead atoms. The number of anilines is 1. The number of aromatic nitrogens is 2. The first kappa shape index (κ1) is 14.5. The summed E-state index contributed by atoms with van der Waals surface area (Å²) >= 11 is 0. The van der Waals surface area contributed by atoms with Gasteiger partial charge in [0.25, 0.3) is 5.92 Å². The Hall–Kier alpha value is -2.42. The molecule has 1 aliphatic rings. The number of nitrogens with one attached hydrogen (secondary N) is 1. The number of benzene rings is 1. The number of nitrogens with zero attached hydrogens (tertiary/aromatic N) is 3. The molecule has 9 heteroatoms. The fraction of sp³-hybridized carbons (Fsp3) is 0.308. The highest BCUT2D eigenvalue weighted by Crippen LogP contribution is 2.28. The SMILES string of the molecule is O=CNc1cc(-c2noc(CN3CC(F)(F)C3)n2)ccc1F. The highest BCUT2D eigenvalue weighted by Gasteiger charge is 2.44. The van der Waals surface area contributed by atoms with Gasteiger partial charge in [0, 0.05) is 5.56 Å². The van der Waals surface area contributed by atoms with E-state index in [9.17, 15) is 18.0 Å². The molecular formula is C13H11F3N4O2. The van der Waals surface area contributed by atoms with Crippen LogP contribution >= 0.6 is 0 Å². The van der Waals surface area contributed by atoms with Gasteiger partial charge in [-0.25, -0.2) is 13.2 Å². The summed E-state index contributed by atoms with van der Waals surface area (Å²) in [7, 11) is 0. The fourth-order valence-electron chi connectivity index (χ4n) is 2.19. The van der Waals surface area contributed by atoms with Gasteiger partial charge in [-0.3, -0.25) is 9.69 Å². The maximum atomic E-state index is 13.4. The maximum Gasteiger partial charge on any atom is 0.272 e. The third-order valence-electron chi connectivity index (χ3n) is 3.18. The summed E-state index contributed by atoms with van der Waals surface area (Å²) in [4.78, 5) is 15.9. The van der Waals surface area contributed by atoms with E-state index in [1.54, 1.807) is 0 Å². The molecule has 0 atom stereocenters. The van der Waals surface area contributed by atoms with Gasteiger partial charge in [0.05, 0.1) is 25.3 Å². The summed E-state index contributed by atoms with van der Waals surface area (Å²) in [6.07, 6.45) is 0.355. The van der Waals surface area contributed by atoms with Crippen molar-refractivity contribution in [3.63, 3.8) is 0 Å². The first-order chi connectivity index (χ1) is 10.5. The van der Waals surface area contributed by atoms with Crippen LogP contribution < -0.4 is 5.32 Å². The van der Waals surface area contributed by atoms with Crippen LogP contribution in [0, 0.1) is 5.82 Å². The van der Waals surface area contributed by atoms with Gasteiger partial charge in [0.2, 0.25) is 18.1 Å². The predicted molar refractivity (Wildman–Crippen MR) is 69.6 cm³/mol. The molecule has 116 valence electrons. The summed E-state index contributed by atoms with van der Waals surface area (Å²) in [6.45, 7) is -0.549. The second-order valence-corrected chi connectivity index (χ2v) is 4.97. The van der Waals surface area contributed by atoms with Gasteiger partial charge in [-0.05, 0) is 18.2 Å². The minimum atomic E-state index is -2.66. The molecule has 0 unspecified atom stereocenters. The smallest absolute Gasteiger partial charge is 0.272 e. The summed E-state index contributed by atoms with van der Waals surface area (Å²) in [5.74, 6) is -2.87. The van der Waals surface area contributed by atoms with Crippen molar-refractivity contribution in [3.05, 3.63) is 29.9 Å². The van der Waals surface area contributed by atoms with Crippen LogP contribution in [-0.4, -0.2) is 40.5 Å². The lowest BCUT2D eigenvalue weighted by molar-refractivity contribution is -0.136. The second-order valence-electron chi connectivity index (χ2n) is 4.97. The van der Waals surface area contributed by atoms with E-state index in [0.717, 1.165) is 6.07 Å². The lowest BCUT2D eigenvalue weighted by Gasteiger charge is -2.37. The van der Waals surface area contributed by atoms with E-state index in [4.69, 9.17) is 4.52 Å². The number of carbonyl (C=O) groups excluding carboxylic acids is 1. The van der Waals surface area contributed by atoms with Crippen molar-refractivity contribution in [3.8, 4) is 11.4 Å². The van der Waals surface area contributed by atoms with Gasteiger partial charge < -0.3 is 9.84 Å². The number of alkyl halides is 2. The van der Waals surface area contributed by atoms with Crippen molar-refractivity contribution in [2.45, 2.75) is 12.5 Å². The molecule has 0 spiro atoms. The average Bonchev–Trinajstić information content (AvgIpc) is 2.88. The molecular weight excluding hydrogens is 301 g/mol. The van der Waals surface area contributed by atoms with Crippen LogP contribution in [-0.2, 0) is 11.3 Å². The summed E-state index contributed by atoms with van der Waals surface area (Å²) in [6, 6.07) is 3.95. The van der Waals surface area contributed by atoms with Crippen LogP contribution in [0.5, 0.6) is 0 Å². The fourth-order valence-corrected chi connectivity index (χ4v) is 2.19. The Kier molecular flexibility index (Phi) is 3.57. The lowest BCUT2D eigenvalue weighted by atomic mass is 10.1. The van der Waals surface area contributed by atoms with Crippen LogP contribution in [0.3, 0.4) is 0 Å². The molecule has 2 aromatic rings. The minimum Gasteiger partial charge on any atom is -0.338 e. The topological polar surface area (TPSA) is 71.3 Å². The zero-order chi connectivity index (χ0) is 15.7. The summed E-state index contributed by atoms with van der Waals surface area (Å²) in [5.41, 5.74) is 0.427. The molecule has 1 amide bonds. The van der Waals surface area contributed by atoms with Crippen LogP contribution in [0.25, 0.3) is 11.4 Å². The van der Waals surface area contributed by atoms with Crippen molar-refractivity contribution in [2.24, 2.45) is 0 Å². The maximum absolute atomic E-state index is 13.4. The Bertz CT molecular complexity index is 696. The van der Waals surface area contributed by atoms with Crippen molar-refractivity contribution >= 4 is 12.1 Å². The molecule has 2 heterocycles. The zero-order valence-electron chi connectivity index (χ0n) is 11.2. The zero-order valence-corrected chi connectivity index (χ0v) is 11.2. The predicted octanol–water partition coefficient (Wildman–Crippen LogP) is 1.89. The van der Waals surface area contributed by atoms with Crippen molar-refractivity contribution in [1.29, 1.82) is 0 Å². The largest absolute Gasteiger partial charge is 0.338 e. The molecule has 3 rings (SSSR count). The number of likely N-dealkylation sites (tertiary alicyclic amines) is 1. The van der Waals surface area contributed by atoms with Crippen molar-refractivity contribution in [2.75, 3.05) is 18.4 Å². The van der Waals surface area contributed by atoms with Crippen molar-refractivity contribution < 1.29 is 22.5 Å². The average molecular weight is 312 g/mol. The van der Waals surface area contributed by atoms with Gasteiger partial charge in [-0.2, -0.15) is 4.98 Å². The van der Waals surface area contributed by atoms with Crippen LogP contribution in [0.1, 0.15) is 5.89 Å². The lowest BCUT2D eigenvalue weighted by Crippen LogP contribution is -2.55. The number of rotatable bonds is 5. The Morgan fingerprint density at radius 2 is 2.18 bits per heavy atom. The standard InChI is InChI=1S/C13H11F3N4O2/c14-9-2-1-8(3-10(9)17-7-21)12-18-11(22-19-12)4-20-5-13(15,16)6-20/h1-3,7H,4-6H2,(H,17,21). The van der Waals surface area contributed by atoms with Gasteiger partial charge in [0.15, 0.2) is 0 Å². The third kappa shape index (κ3) is 2.93. The van der Waals surface area contributed by atoms with E-state index in [1.165, 1.54) is 17.0 Å². The molecule has 1 aromatic carbocycles. The monoisotopic (exact) mass is 312 g/mol. The second kappa shape index (κ2) is 5.41. The molecule has 0 saturated carbocycles. The summed E-state index contributed by atoms with van der Waals surface area (Å²) < 4.78 is 43.9.